The predicted octanol–water partition coefficient (Wildman–Crippen LogP) is 3.06. The molecule has 0 saturated carbocycles. The fourth-order valence-electron chi connectivity index (χ4n) is 3.02. The lowest BCUT2D eigenvalue weighted by Crippen LogP contribution is -2.51. The largest absolute Gasteiger partial charge is 0.452 e. The highest BCUT2D eigenvalue weighted by atomic mass is 32.2. The zero-order valence-corrected chi connectivity index (χ0v) is 16.2. The van der Waals surface area contributed by atoms with E-state index in [2.05, 4.69) is 17.0 Å². The van der Waals surface area contributed by atoms with E-state index in [1.54, 1.807) is 11.8 Å². The van der Waals surface area contributed by atoms with Gasteiger partial charge in [0.1, 0.15) is 0 Å². The third-order valence-corrected chi connectivity index (χ3v) is 5.45. The van der Waals surface area contributed by atoms with Crippen molar-refractivity contribution in [3.63, 3.8) is 0 Å². The summed E-state index contributed by atoms with van der Waals surface area (Å²) in [5, 5.41) is 0. The zero-order chi connectivity index (χ0) is 19.1. The summed E-state index contributed by atoms with van der Waals surface area (Å²) in [5.74, 6) is -0.294. The summed E-state index contributed by atoms with van der Waals surface area (Å²) in [5.41, 5.74) is 1.17. The smallest absolute Gasteiger partial charge is 0.317 e. The van der Waals surface area contributed by atoms with Crippen molar-refractivity contribution in [1.29, 1.82) is 0 Å². The molecule has 2 aromatic rings. The number of esters is 1. The number of thioether (sulfide) groups is 1. The van der Waals surface area contributed by atoms with Gasteiger partial charge in [-0.2, -0.15) is 0 Å². The van der Waals surface area contributed by atoms with Crippen LogP contribution in [0.1, 0.15) is 6.92 Å². The van der Waals surface area contributed by atoms with Gasteiger partial charge in [0, 0.05) is 36.8 Å². The van der Waals surface area contributed by atoms with Gasteiger partial charge in [0.2, 0.25) is 0 Å². The summed E-state index contributed by atoms with van der Waals surface area (Å²) in [6.45, 7) is 4.47. The van der Waals surface area contributed by atoms with E-state index in [4.69, 9.17) is 4.74 Å². The number of nitrogens with zero attached hydrogens (tertiary/aromatic N) is 2. The fraction of sp³-hybridized carbons (Fsp3) is 0.333. The number of hydrogen-bond donors (Lipinski definition) is 0. The fourth-order valence-corrected chi connectivity index (χ4v) is 3.72. The molecular formula is C21H24N2O3S. The second kappa shape index (κ2) is 9.46. The molecule has 0 spiro atoms. The summed E-state index contributed by atoms with van der Waals surface area (Å²) >= 11 is 1.41. The van der Waals surface area contributed by atoms with Crippen LogP contribution in [0.2, 0.25) is 0 Å². The topological polar surface area (TPSA) is 49.9 Å². The van der Waals surface area contributed by atoms with Crippen LogP contribution in [0, 0.1) is 0 Å². The standard InChI is InChI=1S/C21H24N2O3S/c1-17(26-20(24)16-27-19-10-6-3-7-11-19)21(25)23-14-12-22(13-15-23)18-8-4-2-5-9-18/h2-11,17H,12-16H2,1H3/t17-/m0/s1. The van der Waals surface area contributed by atoms with Crippen LogP contribution in [0.5, 0.6) is 0 Å². The molecule has 3 rings (SSSR count). The number of piperazine rings is 1. The van der Waals surface area contributed by atoms with Gasteiger partial charge < -0.3 is 14.5 Å². The van der Waals surface area contributed by atoms with Crippen LogP contribution >= 0.6 is 11.8 Å². The Hall–Kier alpha value is -2.47. The third-order valence-electron chi connectivity index (χ3n) is 4.47. The van der Waals surface area contributed by atoms with Gasteiger partial charge in [-0.05, 0) is 31.2 Å². The molecule has 1 aliphatic heterocycles. The van der Waals surface area contributed by atoms with Gasteiger partial charge in [0.25, 0.3) is 5.91 Å². The molecule has 6 heteroatoms. The molecule has 1 aliphatic rings. The first-order valence-corrected chi connectivity index (χ1v) is 10.1. The molecule has 0 radical (unpaired) electrons. The van der Waals surface area contributed by atoms with Crippen molar-refractivity contribution in [3.8, 4) is 0 Å². The average molecular weight is 385 g/mol. The summed E-state index contributed by atoms with van der Waals surface area (Å²) in [7, 11) is 0. The molecule has 0 aromatic heterocycles. The van der Waals surface area contributed by atoms with Crippen molar-refractivity contribution in [2.45, 2.75) is 17.9 Å². The zero-order valence-electron chi connectivity index (χ0n) is 15.4. The van der Waals surface area contributed by atoms with Gasteiger partial charge in [-0.3, -0.25) is 9.59 Å². The van der Waals surface area contributed by atoms with Crippen molar-refractivity contribution in [1.82, 2.24) is 4.90 Å². The summed E-state index contributed by atoms with van der Waals surface area (Å²) < 4.78 is 5.33. The lowest BCUT2D eigenvalue weighted by atomic mass is 10.2. The van der Waals surface area contributed by atoms with Crippen LogP contribution in [0.15, 0.2) is 65.6 Å². The van der Waals surface area contributed by atoms with Crippen molar-refractivity contribution >= 4 is 29.3 Å². The van der Waals surface area contributed by atoms with Gasteiger partial charge in [0.15, 0.2) is 6.10 Å². The van der Waals surface area contributed by atoms with Gasteiger partial charge in [-0.1, -0.05) is 36.4 Å². The number of hydrogen-bond acceptors (Lipinski definition) is 5. The second-order valence-electron chi connectivity index (χ2n) is 6.38. The summed E-state index contributed by atoms with van der Waals surface area (Å²) in [4.78, 5) is 29.6. The lowest BCUT2D eigenvalue weighted by Gasteiger charge is -2.37. The number of amides is 1. The summed E-state index contributed by atoms with van der Waals surface area (Å²) in [6, 6.07) is 19.8. The molecule has 1 fully saturated rings. The van der Waals surface area contributed by atoms with Crippen LogP contribution in [-0.4, -0.2) is 54.8 Å². The van der Waals surface area contributed by atoms with E-state index in [9.17, 15) is 9.59 Å². The van der Waals surface area contributed by atoms with E-state index in [0.29, 0.717) is 13.1 Å². The predicted molar refractivity (Wildman–Crippen MR) is 108 cm³/mol. The Kier molecular flexibility index (Phi) is 6.76. The maximum Gasteiger partial charge on any atom is 0.317 e. The van der Waals surface area contributed by atoms with Crippen LogP contribution < -0.4 is 4.90 Å². The van der Waals surface area contributed by atoms with Gasteiger partial charge in [-0.15, -0.1) is 11.8 Å². The third kappa shape index (κ3) is 5.50. The Labute approximate surface area is 164 Å². The van der Waals surface area contributed by atoms with Crippen molar-refractivity contribution in [3.05, 3.63) is 60.7 Å². The quantitative estimate of drug-likeness (QED) is 0.566. The number of carbonyl (C=O) groups is 2. The van der Waals surface area contributed by atoms with E-state index in [0.717, 1.165) is 18.0 Å². The summed E-state index contributed by atoms with van der Waals surface area (Å²) in [6.07, 6.45) is -0.753. The van der Waals surface area contributed by atoms with Crippen LogP contribution in [0.4, 0.5) is 5.69 Å². The molecule has 5 nitrogen and oxygen atoms in total. The SMILES string of the molecule is C[C@H](OC(=O)CSc1ccccc1)C(=O)N1CCN(c2ccccc2)CC1. The number of rotatable bonds is 6. The van der Waals surface area contributed by atoms with Crippen molar-refractivity contribution in [2.24, 2.45) is 0 Å². The molecule has 0 aliphatic carbocycles. The molecule has 1 heterocycles. The van der Waals surface area contributed by atoms with E-state index in [1.165, 1.54) is 17.4 Å². The maximum absolute atomic E-state index is 12.6. The first-order chi connectivity index (χ1) is 13.1. The number of carbonyl (C=O) groups excluding carboxylic acids is 2. The van der Waals surface area contributed by atoms with Gasteiger partial charge in [-0.25, -0.2) is 0 Å². The number of para-hydroxylation sites is 1. The molecule has 142 valence electrons. The molecule has 0 N–H and O–H groups in total. The van der Waals surface area contributed by atoms with Crippen molar-refractivity contribution in [2.75, 3.05) is 36.8 Å². The first kappa shape index (κ1) is 19.3. The Morgan fingerprint density at radius 2 is 1.56 bits per heavy atom. The molecule has 27 heavy (non-hydrogen) atoms. The second-order valence-corrected chi connectivity index (χ2v) is 7.43. The maximum atomic E-state index is 12.6. The molecule has 0 bridgehead atoms. The molecule has 0 unspecified atom stereocenters. The van der Waals surface area contributed by atoms with E-state index in [-0.39, 0.29) is 17.6 Å². The average Bonchev–Trinajstić information content (AvgIpc) is 2.73. The van der Waals surface area contributed by atoms with E-state index in [1.807, 2.05) is 48.5 Å². The minimum absolute atomic E-state index is 0.124. The van der Waals surface area contributed by atoms with Crippen LogP contribution in [-0.2, 0) is 14.3 Å². The van der Waals surface area contributed by atoms with Crippen LogP contribution in [0.25, 0.3) is 0 Å². The Morgan fingerprint density at radius 3 is 2.19 bits per heavy atom. The monoisotopic (exact) mass is 384 g/mol. The molecular weight excluding hydrogens is 360 g/mol. The molecule has 2 aromatic carbocycles. The Bertz CT molecular complexity index is 747. The van der Waals surface area contributed by atoms with Gasteiger partial charge >= 0.3 is 5.97 Å². The number of benzene rings is 2. The highest BCUT2D eigenvalue weighted by Gasteiger charge is 2.27. The molecule has 1 saturated heterocycles. The minimum Gasteiger partial charge on any atom is -0.452 e. The van der Waals surface area contributed by atoms with Crippen molar-refractivity contribution < 1.29 is 14.3 Å². The molecule has 1 amide bonds. The number of ether oxygens (including phenoxy) is 1. The molecule has 1 atom stereocenters. The Morgan fingerprint density at radius 1 is 0.963 bits per heavy atom. The first-order valence-electron chi connectivity index (χ1n) is 9.09. The number of anilines is 1. The Balaban J connectivity index is 1.43. The van der Waals surface area contributed by atoms with Crippen LogP contribution in [0.3, 0.4) is 0 Å². The van der Waals surface area contributed by atoms with E-state index < -0.39 is 6.10 Å². The normalized spacial score (nSPS) is 15.3. The highest BCUT2D eigenvalue weighted by Crippen LogP contribution is 2.18. The van der Waals surface area contributed by atoms with Gasteiger partial charge in [0.05, 0.1) is 5.75 Å². The lowest BCUT2D eigenvalue weighted by molar-refractivity contribution is -0.157. The minimum atomic E-state index is -0.753. The van der Waals surface area contributed by atoms with E-state index >= 15 is 0 Å². The highest BCUT2D eigenvalue weighted by molar-refractivity contribution is 8.00.